The van der Waals surface area contributed by atoms with Crippen molar-refractivity contribution in [3.05, 3.63) is 102 Å². The van der Waals surface area contributed by atoms with E-state index < -0.39 is 53.7 Å². The van der Waals surface area contributed by atoms with E-state index in [0.717, 1.165) is 48.6 Å². The van der Waals surface area contributed by atoms with Gasteiger partial charge in [0.05, 0.1) is 6.54 Å². The second kappa shape index (κ2) is 28.8. The van der Waals surface area contributed by atoms with E-state index >= 15 is 0 Å². The topological polar surface area (TPSA) is 304 Å². The molecular formula is C51H69N11O8. The van der Waals surface area contributed by atoms with E-state index in [9.17, 15) is 38.7 Å². The Kier molecular flexibility index (Phi) is 22.0. The van der Waals surface area contributed by atoms with E-state index in [1.807, 2.05) is 30.3 Å². The van der Waals surface area contributed by atoms with Crippen molar-refractivity contribution >= 4 is 58.2 Å². The van der Waals surface area contributed by atoms with Gasteiger partial charge in [0.1, 0.15) is 29.9 Å². The molecule has 0 bridgehead atoms. The molecule has 3 aromatic carbocycles. The molecule has 1 saturated heterocycles. The van der Waals surface area contributed by atoms with E-state index in [1.54, 1.807) is 42.6 Å². The number of nitrogens with two attached hydrogens (primary N) is 2. The molecule has 1 aliphatic heterocycles. The number of phenolic OH excluding ortho intramolecular Hbond substituents is 1. The van der Waals surface area contributed by atoms with Crippen molar-refractivity contribution in [1.29, 1.82) is 0 Å². The monoisotopic (exact) mass is 964 g/mol. The molecular weight excluding hydrogens is 895 g/mol. The fraction of sp³-hybridized carbons (Fsp3) is 0.451. The summed E-state index contributed by atoms with van der Waals surface area (Å²) in [5, 5.41) is 30.6. The molecule has 13 N–H and O–H groups in total. The zero-order valence-corrected chi connectivity index (χ0v) is 39.7. The van der Waals surface area contributed by atoms with Crippen molar-refractivity contribution in [2.45, 2.75) is 120 Å². The molecule has 0 unspecified atom stereocenters. The number of H-pyrrole nitrogens is 1. The molecule has 4 atom stereocenters. The number of benzene rings is 3. The van der Waals surface area contributed by atoms with Gasteiger partial charge >= 0.3 is 0 Å². The highest BCUT2D eigenvalue weighted by atomic mass is 16.3. The van der Waals surface area contributed by atoms with E-state index in [1.165, 1.54) is 12.1 Å². The van der Waals surface area contributed by atoms with Crippen LogP contribution in [0.1, 0.15) is 93.7 Å². The van der Waals surface area contributed by atoms with Crippen LogP contribution < -0.4 is 48.7 Å². The van der Waals surface area contributed by atoms with Crippen LogP contribution in [0.5, 0.6) is 5.75 Å². The van der Waals surface area contributed by atoms with Crippen molar-refractivity contribution in [3.63, 3.8) is 0 Å². The van der Waals surface area contributed by atoms with Crippen LogP contribution in [0.25, 0.3) is 10.9 Å². The van der Waals surface area contributed by atoms with Crippen molar-refractivity contribution in [3.8, 4) is 5.75 Å². The number of nitrogens with one attached hydrogen (secondary N) is 8. The van der Waals surface area contributed by atoms with Crippen LogP contribution >= 0.6 is 0 Å². The number of guanidine groups is 1. The molecule has 0 saturated carbocycles. The highest BCUT2D eigenvalue weighted by molar-refractivity contribution is 5.96. The Labute approximate surface area is 408 Å². The Morgan fingerprint density at radius 1 is 0.543 bits per heavy atom. The highest BCUT2D eigenvalue weighted by Gasteiger charge is 2.32. The van der Waals surface area contributed by atoms with E-state index in [4.69, 9.17) is 11.5 Å². The summed E-state index contributed by atoms with van der Waals surface area (Å²) in [4.78, 5) is 103. The molecule has 2 heterocycles. The molecule has 70 heavy (non-hydrogen) atoms. The first kappa shape index (κ1) is 53.5. The van der Waals surface area contributed by atoms with Crippen LogP contribution in [-0.2, 0) is 52.8 Å². The molecule has 1 fully saturated rings. The summed E-state index contributed by atoms with van der Waals surface area (Å²) in [6, 6.07) is 17.8. The summed E-state index contributed by atoms with van der Waals surface area (Å²) in [6.45, 7) is 0.667. The molecule has 4 aromatic rings. The predicted molar refractivity (Wildman–Crippen MR) is 267 cm³/mol. The zero-order valence-electron chi connectivity index (χ0n) is 39.7. The van der Waals surface area contributed by atoms with Gasteiger partial charge in [-0.3, -0.25) is 38.6 Å². The standard InChI is InChI=1S/C51H69N11O8/c52-51(53)56-28-14-19-40-48(68)62-43(31-36-32-57-39-18-11-10-17-38(36)39)47(67)58-33-46(66)55-27-13-3-1-8-20-44(64)54-26-12-4-2-9-21-45(65)59-41(30-35-22-24-37(63)25-23-35)49(69)61-42(50(70)60-40)29-34-15-6-5-7-16-34/h5-7,10-11,15-18,22-25,32,40-43,57,63H,1-4,8-9,12-14,19-21,26-31,33H2,(H,54,64)(H,55,66)(H,58,67)(H,59,65)(H,60,70)(H,61,69)(H,62,68)(H4,52,53,56)/t40-,41-,42+,43-/m0/s1. The molecule has 7 amide bonds. The van der Waals surface area contributed by atoms with Crippen LogP contribution in [0.3, 0.4) is 0 Å². The summed E-state index contributed by atoms with van der Waals surface area (Å²) in [6.07, 6.45) is 8.40. The minimum Gasteiger partial charge on any atom is -0.508 e. The number of aromatic hydroxyl groups is 1. The second-order valence-corrected chi connectivity index (χ2v) is 17.6. The van der Waals surface area contributed by atoms with Crippen LogP contribution in [-0.4, -0.2) is 108 Å². The van der Waals surface area contributed by atoms with Crippen LogP contribution in [0.2, 0.25) is 0 Å². The first-order valence-corrected chi connectivity index (χ1v) is 24.3. The van der Waals surface area contributed by atoms with Gasteiger partial charge < -0.3 is 58.8 Å². The van der Waals surface area contributed by atoms with Crippen LogP contribution in [0, 0.1) is 0 Å². The lowest BCUT2D eigenvalue weighted by atomic mass is 10.0. The maximum atomic E-state index is 14.6. The SMILES string of the molecule is NC(N)=NCCC[C@@H]1NC(=O)[C@@H](Cc2ccccc2)NC(=O)[C@H](Cc2ccc(O)cc2)NC(=O)CCCCCCNC(=O)CCCCCCNC(=O)CNC(=O)[C@H](Cc2c[nH]c3ccccc23)NC1=O. The third-order valence-corrected chi connectivity index (χ3v) is 12.0. The molecule has 5 rings (SSSR count). The molecule has 376 valence electrons. The number of hydrogen-bond donors (Lipinski definition) is 11. The maximum absolute atomic E-state index is 14.6. The predicted octanol–water partition coefficient (Wildman–Crippen LogP) is 2.16. The molecule has 0 spiro atoms. The van der Waals surface area contributed by atoms with Crippen LogP contribution in [0.4, 0.5) is 0 Å². The van der Waals surface area contributed by atoms with Gasteiger partial charge in [-0.2, -0.15) is 0 Å². The van der Waals surface area contributed by atoms with Gasteiger partial charge in [0.2, 0.25) is 41.4 Å². The van der Waals surface area contributed by atoms with Gasteiger partial charge in [-0.25, -0.2) is 0 Å². The minimum atomic E-state index is -1.26. The Morgan fingerprint density at radius 2 is 1.09 bits per heavy atom. The number of aliphatic imine (C=N–C) groups is 1. The van der Waals surface area contributed by atoms with Crippen molar-refractivity contribution in [2.75, 3.05) is 26.2 Å². The van der Waals surface area contributed by atoms with E-state index in [2.05, 4.69) is 47.2 Å². The van der Waals surface area contributed by atoms with E-state index in [-0.39, 0.29) is 75.1 Å². The number of carbonyl (C=O) groups is 7. The number of nitrogens with zero attached hydrogens (tertiary/aromatic N) is 1. The average molecular weight is 964 g/mol. The van der Waals surface area contributed by atoms with Gasteiger partial charge in [0, 0.05) is 68.8 Å². The number of amides is 7. The Hall–Kier alpha value is -7.44. The van der Waals surface area contributed by atoms with E-state index in [0.29, 0.717) is 49.9 Å². The lowest BCUT2D eigenvalue weighted by Crippen LogP contribution is -2.59. The van der Waals surface area contributed by atoms with Gasteiger partial charge in [0.25, 0.3) is 0 Å². The Balaban J connectivity index is 1.43. The van der Waals surface area contributed by atoms with Gasteiger partial charge in [-0.15, -0.1) is 0 Å². The van der Waals surface area contributed by atoms with Crippen molar-refractivity contribution < 1.29 is 38.7 Å². The van der Waals surface area contributed by atoms with Gasteiger partial charge in [0.15, 0.2) is 5.96 Å². The first-order valence-electron chi connectivity index (χ1n) is 24.3. The number of carbonyl (C=O) groups excluding carboxylic acids is 7. The normalized spacial score (nSPS) is 20.8. The lowest BCUT2D eigenvalue weighted by molar-refractivity contribution is -0.134. The molecule has 19 heteroatoms. The summed E-state index contributed by atoms with van der Waals surface area (Å²) in [7, 11) is 0. The molecule has 0 radical (unpaired) electrons. The number of fused-ring (bicyclic) bond motifs is 1. The number of rotatable bonds is 10. The fourth-order valence-corrected chi connectivity index (χ4v) is 8.15. The fourth-order valence-electron chi connectivity index (χ4n) is 8.15. The number of aromatic nitrogens is 1. The number of hydrogen-bond acceptors (Lipinski definition) is 9. The summed E-state index contributed by atoms with van der Waals surface area (Å²) in [5.41, 5.74) is 14.0. The number of phenols is 1. The third-order valence-electron chi connectivity index (χ3n) is 12.0. The summed E-state index contributed by atoms with van der Waals surface area (Å²) in [5.74, 6) is -3.66. The molecule has 0 aliphatic carbocycles. The Morgan fingerprint density at radius 3 is 1.76 bits per heavy atom. The number of aromatic amines is 1. The smallest absolute Gasteiger partial charge is 0.243 e. The lowest BCUT2D eigenvalue weighted by Gasteiger charge is -2.27. The minimum absolute atomic E-state index is 0.00867. The van der Waals surface area contributed by atoms with Crippen molar-refractivity contribution in [2.24, 2.45) is 16.5 Å². The highest BCUT2D eigenvalue weighted by Crippen LogP contribution is 2.20. The zero-order chi connectivity index (χ0) is 50.1. The molecule has 1 aromatic heterocycles. The van der Waals surface area contributed by atoms with Crippen molar-refractivity contribution in [1.82, 2.24) is 42.2 Å². The number of para-hydroxylation sites is 1. The third kappa shape index (κ3) is 18.9. The van der Waals surface area contributed by atoms with Gasteiger partial charge in [-0.05, 0) is 73.4 Å². The molecule has 1 aliphatic rings. The molecule has 19 nitrogen and oxygen atoms in total. The largest absolute Gasteiger partial charge is 0.508 e. The Bertz CT molecular complexity index is 2370. The van der Waals surface area contributed by atoms with Crippen LogP contribution in [0.15, 0.2) is 90.1 Å². The summed E-state index contributed by atoms with van der Waals surface area (Å²) < 4.78 is 0. The maximum Gasteiger partial charge on any atom is 0.243 e. The second-order valence-electron chi connectivity index (χ2n) is 17.6. The first-order chi connectivity index (χ1) is 33.8. The quantitative estimate of drug-likeness (QED) is 0.0626. The average Bonchev–Trinajstić information content (AvgIpc) is 3.75. The van der Waals surface area contributed by atoms with Gasteiger partial charge in [-0.1, -0.05) is 86.3 Å². The summed E-state index contributed by atoms with van der Waals surface area (Å²) >= 11 is 0.